The maximum Gasteiger partial charge on any atom is 0.305 e. The van der Waals surface area contributed by atoms with E-state index in [2.05, 4.69) is 10.6 Å². The Kier molecular flexibility index (Phi) is 6.67. The van der Waals surface area contributed by atoms with Crippen molar-refractivity contribution in [1.82, 2.24) is 10.6 Å². The van der Waals surface area contributed by atoms with E-state index in [-0.39, 0.29) is 18.9 Å². The van der Waals surface area contributed by atoms with Gasteiger partial charge in [-0.25, -0.2) is 0 Å². The van der Waals surface area contributed by atoms with Gasteiger partial charge in [-0.1, -0.05) is 0 Å². The molecule has 0 atom stereocenters. The van der Waals surface area contributed by atoms with Crippen molar-refractivity contribution in [2.75, 3.05) is 26.8 Å². The number of carboxylic acids is 1. The van der Waals surface area contributed by atoms with Crippen molar-refractivity contribution >= 4 is 11.9 Å². The van der Waals surface area contributed by atoms with Crippen molar-refractivity contribution in [2.45, 2.75) is 25.8 Å². The van der Waals surface area contributed by atoms with Gasteiger partial charge in [-0.05, 0) is 13.8 Å². The highest BCUT2D eigenvalue weighted by Crippen LogP contribution is 2.07. The van der Waals surface area contributed by atoms with Gasteiger partial charge < -0.3 is 20.5 Å². The number of methoxy groups -OCH3 is 1. The summed E-state index contributed by atoms with van der Waals surface area (Å²) >= 11 is 0. The van der Waals surface area contributed by atoms with Crippen LogP contribution in [-0.4, -0.2) is 49.3 Å². The number of amides is 1. The molecule has 0 saturated carbocycles. The van der Waals surface area contributed by atoms with E-state index in [1.54, 1.807) is 21.0 Å². The zero-order valence-electron chi connectivity index (χ0n) is 10.0. The van der Waals surface area contributed by atoms with Crippen LogP contribution in [0.2, 0.25) is 0 Å². The third-order valence-corrected chi connectivity index (χ3v) is 1.84. The average Bonchev–Trinajstić information content (AvgIpc) is 2.09. The molecule has 0 rings (SSSR count). The lowest BCUT2D eigenvalue weighted by atomic mass is 10.0. The van der Waals surface area contributed by atoms with Gasteiger partial charge in [0.25, 0.3) is 0 Å². The molecular weight excluding hydrogens is 212 g/mol. The number of rotatable bonds is 8. The van der Waals surface area contributed by atoms with Crippen molar-refractivity contribution in [2.24, 2.45) is 0 Å². The molecule has 0 spiro atoms. The number of hydrogen-bond acceptors (Lipinski definition) is 4. The second-order valence-electron chi connectivity index (χ2n) is 4.17. The van der Waals surface area contributed by atoms with Gasteiger partial charge in [-0.3, -0.25) is 9.59 Å². The number of carbonyl (C=O) groups is 2. The molecule has 0 aliphatic rings. The molecule has 0 unspecified atom stereocenters. The van der Waals surface area contributed by atoms with Gasteiger partial charge in [0.2, 0.25) is 5.91 Å². The molecule has 0 aliphatic carbocycles. The minimum atomic E-state index is -0.933. The Labute approximate surface area is 95.4 Å². The summed E-state index contributed by atoms with van der Waals surface area (Å²) in [6.07, 6.45) is -0.100. The van der Waals surface area contributed by atoms with Crippen LogP contribution in [0.1, 0.15) is 20.3 Å². The van der Waals surface area contributed by atoms with Crippen molar-refractivity contribution < 1.29 is 19.4 Å². The number of hydrogen-bond donors (Lipinski definition) is 3. The van der Waals surface area contributed by atoms with Gasteiger partial charge in [0.1, 0.15) is 0 Å². The fourth-order valence-electron chi connectivity index (χ4n) is 1.22. The topological polar surface area (TPSA) is 87.7 Å². The molecule has 6 nitrogen and oxygen atoms in total. The quantitative estimate of drug-likeness (QED) is 0.495. The van der Waals surface area contributed by atoms with Crippen LogP contribution >= 0.6 is 0 Å². The minimum absolute atomic E-state index is 0.100. The van der Waals surface area contributed by atoms with E-state index in [9.17, 15) is 9.59 Å². The molecule has 0 heterocycles. The molecule has 0 fully saturated rings. The third kappa shape index (κ3) is 8.19. The van der Waals surface area contributed by atoms with Crippen LogP contribution in [0.15, 0.2) is 0 Å². The van der Waals surface area contributed by atoms with Gasteiger partial charge in [0.05, 0.1) is 19.6 Å². The summed E-state index contributed by atoms with van der Waals surface area (Å²) in [6.45, 7) is 4.63. The van der Waals surface area contributed by atoms with Crippen LogP contribution in [0.3, 0.4) is 0 Å². The Morgan fingerprint density at radius 2 is 2.00 bits per heavy atom. The predicted octanol–water partition coefficient (Wildman–Crippen LogP) is -0.408. The fourth-order valence-corrected chi connectivity index (χ4v) is 1.22. The molecule has 0 aliphatic heterocycles. The molecule has 3 N–H and O–H groups in total. The fraction of sp³-hybridized carbons (Fsp3) is 0.800. The molecule has 0 aromatic heterocycles. The van der Waals surface area contributed by atoms with E-state index in [1.807, 2.05) is 0 Å². The molecule has 0 radical (unpaired) electrons. The first kappa shape index (κ1) is 14.9. The zero-order chi connectivity index (χ0) is 12.6. The summed E-state index contributed by atoms with van der Waals surface area (Å²) in [5.74, 6) is -1.15. The molecule has 0 saturated heterocycles. The summed E-state index contributed by atoms with van der Waals surface area (Å²) in [4.78, 5) is 21.9. The molecule has 6 heteroatoms. The van der Waals surface area contributed by atoms with E-state index in [0.29, 0.717) is 13.2 Å². The standard InChI is InChI=1S/C10H20N2O4/c1-10(2,6-9(14)15)12-8(13)7-11-4-5-16-3/h11H,4-7H2,1-3H3,(H,12,13)(H,14,15). The maximum atomic E-state index is 11.4. The van der Waals surface area contributed by atoms with Crippen LogP contribution < -0.4 is 10.6 Å². The van der Waals surface area contributed by atoms with Gasteiger partial charge >= 0.3 is 5.97 Å². The molecule has 0 aromatic carbocycles. The molecular formula is C10H20N2O4. The highest BCUT2D eigenvalue weighted by Gasteiger charge is 2.23. The maximum absolute atomic E-state index is 11.4. The molecule has 1 amide bonds. The summed E-state index contributed by atoms with van der Waals surface area (Å²) in [6, 6.07) is 0. The van der Waals surface area contributed by atoms with Gasteiger partial charge in [0, 0.05) is 19.2 Å². The molecule has 94 valence electrons. The Morgan fingerprint density at radius 1 is 1.38 bits per heavy atom. The Morgan fingerprint density at radius 3 is 2.50 bits per heavy atom. The summed E-state index contributed by atoms with van der Waals surface area (Å²) < 4.78 is 4.81. The highest BCUT2D eigenvalue weighted by molar-refractivity contribution is 5.79. The van der Waals surface area contributed by atoms with Crippen LogP contribution in [-0.2, 0) is 14.3 Å². The first-order valence-corrected chi connectivity index (χ1v) is 5.10. The van der Waals surface area contributed by atoms with E-state index in [4.69, 9.17) is 9.84 Å². The lowest BCUT2D eigenvalue weighted by Crippen LogP contribution is -2.48. The smallest absolute Gasteiger partial charge is 0.305 e. The first-order chi connectivity index (χ1) is 7.37. The minimum Gasteiger partial charge on any atom is -0.481 e. The van der Waals surface area contributed by atoms with Crippen LogP contribution in [0, 0.1) is 0 Å². The number of nitrogens with one attached hydrogen (secondary N) is 2. The number of carbonyl (C=O) groups excluding carboxylic acids is 1. The lowest BCUT2D eigenvalue weighted by molar-refractivity contribution is -0.138. The normalized spacial score (nSPS) is 11.2. The van der Waals surface area contributed by atoms with Crippen molar-refractivity contribution in [1.29, 1.82) is 0 Å². The van der Waals surface area contributed by atoms with Crippen LogP contribution in [0.4, 0.5) is 0 Å². The van der Waals surface area contributed by atoms with Crippen molar-refractivity contribution in [3.63, 3.8) is 0 Å². The van der Waals surface area contributed by atoms with E-state index in [1.165, 1.54) is 0 Å². The van der Waals surface area contributed by atoms with Crippen LogP contribution in [0.25, 0.3) is 0 Å². The van der Waals surface area contributed by atoms with E-state index >= 15 is 0 Å². The highest BCUT2D eigenvalue weighted by atomic mass is 16.5. The lowest BCUT2D eigenvalue weighted by Gasteiger charge is -2.24. The Hall–Kier alpha value is -1.14. The second kappa shape index (κ2) is 7.19. The average molecular weight is 232 g/mol. The summed E-state index contributed by atoms with van der Waals surface area (Å²) in [5.41, 5.74) is -0.730. The number of aliphatic carboxylic acids is 1. The SMILES string of the molecule is COCCNCC(=O)NC(C)(C)CC(=O)O. The van der Waals surface area contributed by atoms with Crippen molar-refractivity contribution in [3.05, 3.63) is 0 Å². The van der Waals surface area contributed by atoms with Crippen molar-refractivity contribution in [3.8, 4) is 0 Å². The number of carboxylic acid groups (broad SMARTS) is 1. The molecule has 0 aromatic rings. The predicted molar refractivity (Wildman–Crippen MR) is 59.2 cm³/mol. The third-order valence-electron chi connectivity index (χ3n) is 1.84. The Balaban J connectivity index is 3.80. The second-order valence-corrected chi connectivity index (χ2v) is 4.17. The zero-order valence-corrected chi connectivity index (χ0v) is 10.0. The van der Waals surface area contributed by atoms with Gasteiger partial charge in [-0.15, -0.1) is 0 Å². The summed E-state index contributed by atoms with van der Waals surface area (Å²) in [7, 11) is 1.58. The largest absolute Gasteiger partial charge is 0.481 e. The van der Waals surface area contributed by atoms with E-state index < -0.39 is 11.5 Å². The number of ether oxygens (including phenoxy) is 1. The Bertz CT molecular complexity index is 241. The first-order valence-electron chi connectivity index (χ1n) is 5.10. The van der Waals surface area contributed by atoms with Gasteiger partial charge in [0.15, 0.2) is 0 Å². The van der Waals surface area contributed by atoms with Gasteiger partial charge in [-0.2, -0.15) is 0 Å². The molecule has 16 heavy (non-hydrogen) atoms. The summed E-state index contributed by atoms with van der Waals surface area (Å²) in [5, 5.41) is 14.1. The van der Waals surface area contributed by atoms with E-state index in [0.717, 1.165) is 0 Å². The van der Waals surface area contributed by atoms with Crippen LogP contribution in [0.5, 0.6) is 0 Å². The molecule has 0 bridgehead atoms. The monoisotopic (exact) mass is 232 g/mol.